The van der Waals surface area contributed by atoms with E-state index in [1.54, 1.807) is 23.8 Å². The number of aromatic nitrogens is 3. The number of carbonyl (C=O) groups excluding carboxylic acids is 1. The van der Waals surface area contributed by atoms with Gasteiger partial charge < -0.3 is 28.8 Å². The third kappa shape index (κ3) is 5.77. The van der Waals surface area contributed by atoms with Crippen molar-refractivity contribution in [3.63, 3.8) is 0 Å². The number of ether oxygens (including phenoxy) is 4. The number of halogens is 1. The zero-order chi connectivity index (χ0) is 23.1. The Morgan fingerprint density at radius 2 is 1.72 bits per heavy atom. The molecule has 11 heteroatoms. The second kappa shape index (κ2) is 11.0. The van der Waals surface area contributed by atoms with Gasteiger partial charge in [-0.2, -0.15) is 0 Å². The summed E-state index contributed by atoms with van der Waals surface area (Å²) in [5.74, 6) is 2.83. The highest BCUT2D eigenvalue weighted by Crippen LogP contribution is 2.36. The van der Waals surface area contributed by atoms with Crippen LogP contribution in [0.4, 0.5) is 5.69 Å². The Morgan fingerprint density at radius 1 is 1.03 bits per heavy atom. The second-order valence-corrected chi connectivity index (χ2v) is 7.80. The normalized spacial score (nSPS) is 10.5. The Labute approximate surface area is 195 Å². The second-order valence-electron chi connectivity index (χ2n) is 6.45. The molecule has 0 unspecified atom stereocenters. The van der Waals surface area contributed by atoms with Gasteiger partial charge in [0, 0.05) is 19.2 Å². The minimum Gasteiger partial charge on any atom is -0.497 e. The van der Waals surface area contributed by atoms with Crippen LogP contribution in [0.3, 0.4) is 0 Å². The predicted molar refractivity (Wildman–Crippen MR) is 122 cm³/mol. The van der Waals surface area contributed by atoms with E-state index in [0.717, 1.165) is 5.75 Å². The molecule has 1 amide bonds. The Kier molecular flexibility index (Phi) is 8.07. The number of thioether (sulfide) groups is 1. The lowest BCUT2D eigenvalue weighted by Crippen LogP contribution is -2.15. The number of methoxy groups -OCH3 is 3. The molecule has 170 valence electrons. The van der Waals surface area contributed by atoms with Crippen LogP contribution in [0.5, 0.6) is 23.0 Å². The molecule has 1 heterocycles. The first-order valence-corrected chi connectivity index (χ1v) is 10.8. The van der Waals surface area contributed by atoms with Crippen LogP contribution < -0.4 is 24.3 Å². The fourth-order valence-corrected chi connectivity index (χ4v) is 3.65. The van der Waals surface area contributed by atoms with Crippen LogP contribution in [-0.4, -0.2) is 47.8 Å². The molecule has 3 aromatic rings. The lowest BCUT2D eigenvalue weighted by Gasteiger charge is -2.13. The number of nitrogens with zero attached hydrogens (tertiary/aromatic N) is 3. The molecule has 0 atom stereocenters. The molecule has 0 saturated heterocycles. The van der Waals surface area contributed by atoms with Crippen LogP contribution in [-0.2, 0) is 18.4 Å². The smallest absolute Gasteiger partial charge is 0.234 e. The van der Waals surface area contributed by atoms with E-state index in [9.17, 15) is 4.79 Å². The Morgan fingerprint density at radius 3 is 2.38 bits per heavy atom. The van der Waals surface area contributed by atoms with Crippen LogP contribution in [0, 0.1) is 0 Å². The fraction of sp³-hybridized carbons (Fsp3) is 0.286. The largest absolute Gasteiger partial charge is 0.497 e. The van der Waals surface area contributed by atoms with E-state index in [2.05, 4.69) is 15.5 Å². The van der Waals surface area contributed by atoms with E-state index in [-0.39, 0.29) is 18.3 Å². The summed E-state index contributed by atoms with van der Waals surface area (Å²) >= 11 is 7.36. The molecule has 0 aliphatic carbocycles. The number of benzene rings is 2. The lowest BCUT2D eigenvalue weighted by atomic mass is 10.2. The van der Waals surface area contributed by atoms with E-state index in [0.29, 0.717) is 38.9 Å². The summed E-state index contributed by atoms with van der Waals surface area (Å²) in [6, 6.07) is 10.5. The van der Waals surface area contributed by atoms with Crippen LogP contribution in [0.25, 0.3) is 0 Å². The van der Waals surface area contributed by atoms with E-state index in [4.69, 9.17) is 30.5 Å². The number of rotatable bonds is 10. The summed E-state index contributed by atoms with van der Waals surface area (Å²) in [5.41, 5.74) is 0.464. The average molecular weight is 479 g/mol. The van der Waals surface area contributed by atoms with Crippen molar-refractivity contribution in [1.82, 2.24) is 14.8 Å². The minimum absolute atomic E-state index is 0.124. The first-order chi connectivity index (χ1) is 15.4. The molecule has 0 radical (unpaired) electrons. The van der Waals surface area contributed by atoms with Gasteiger partial charge in [-0.05, 0) is 24.3 Å². The molecular formula is C21H23ClN4O5S. The molecule has 1 aromatic heterocycles. The summed E-state index contributed by atoms with van der Waals surface area (Å²) in [5, 5.41) is 12.1. The molecule has 1 N–H and O–H groups in total. The molecule has 0 saturated carbocycles. The monoisotopic (exact) mass is 478 g/mol. The maximum absolute atomic E-state index is 12.5. The topological polar surface area (TPSA) is 96.7 Å². The third-order valence-corrected chi connectivity index (χ3v) is 5.75. The molecule has 3 rings (SSSR count). The van der Waals surface area contributed by atoms with Gasteiger partial charge in [0.15, 0.2) is 11.0 Å². The maximum atomic E-state index is 12.5. The van der Waals surface area contributed by atoms with Gasteiger partial charge in [0.1, 0.15) is 29.6 Å². The number of hydrogen-bond donors (Lipinski definition) is 1. The molecular weight excluding hydrogens is 456 g/mol. The van der Waals surface area contributed by atoms with Crippen molar-refractivity contribution in [1.29, 1.82) is 0 Å². The van der Waals surface area contributed by atoms with Crippen LogP contribution in [0.15, 0.2) is 41.6 Å². The first kappa shape index (κ1) is 23.6. The van der Waals surface area contributed by atoms with Crippen LogP contribution >= 0.6 is 23.4 Å². The summed E-state index contributed by atoms with van der Waals surface area (Å²) in [7, 11) is 6.43. The van der Waals surface area contributed by atoms with Gasteiger partial charge in [0.25, 0.3) is 0 Å². The van der Waals surface area contributed by atoms with Gasteiger partial charge in [-0.25, -0.2) is 0 Å². The number of nitrogens with one attached hydrogen (secondary N) is 1. The summed E-state index contributed by atoms with van der Waals surface area (Å²) < 4.78 is 23.1. The predicted octanol–water partition coefficient (Wildman–Crippen LogP) is 3.80. The number of amides is 1. The molecule has 0 bridgehead atoms. The quantitative estimate of drug-likeness (QED) is 0.439. The number of carbonyl (C=O) groups is 1. The molecule has 32 heavy (non-hydrogen) atoms. The highest BCUT2D eigenvalue weighted by Gasteiger charge is 2.15. The van der Waals surface area contributed by atoms with E-state index >= 15 is 0 Å². The highest BCUT2D eigenvalue weighted by atomic mass is 35.5. The van der Waals surface area contributed by atoms with Crippen molar-refractivity contribution < 1.29 is 23.7 Å². The van der Waals surface area contributed by atoms with Gasteiger partial charge >= 0.3 is 0 Å². The average Bonchev–Trinajstić information content (AvgIpc) is 3.16. The minimum atomic E-state index is -0.239. The summed E-state index contributed by atoms with van der Waals surface area (Å²) in [6.45, 7) is 0.240. The molecule has 0 aliphatic rings. The van der Waals surface area contributed by atoms with E-state index < -0.39 is 0 Å². The van der Waals surface area contributed by atoms with Crippen molar-refractivity contribution in [2.45, 2.75) is 11.8 Å². The zero-order valence-electron chi connectivity index (χ0n) is 18.0. The molecule has 2 aromatic carbocycles. The van der Waals surface area contributed by atoms with Crippen molar-refractivity contribution >= 4 is 35.0 Å². The Balaban J connectivity index is 1.57. The lowest BCUT2D eigenvalue weighted by molar-refractivity contribution is -0.113. The van der Waals surface area contributed by atoms with Crippen molar-refractivity contribution in [3.8, 4) is 23.0 Å². The summed E-state index contributed by atoms with van der Waals surface area (Å²) in [6.07, 6.45) is 0. The van der Waals surface area contributed by atoms with Gasteiger partial charge in [-0.3, -0.25) is 4.79 Å². The van der Waals surface area contributed by atoms with E-state index in [1.807, 2.05) is 31.3 Å². The van der Waals surface area contributed by atoms with Gasteiger partial charge in [-0.15, -0.1) is 10.2 Å². The maximum Gasteiger partial charge on any atom is 0.234 e. The molecule has 0 aliphatic heterocycles. The van der Waals surface area contributed by atoms with E-state index in [1.165, 1.54) is 26.0 Å². The summed E-state index contributed by atoms with van der Waals surface area (Å²) in [4.78, 5) is 12.5. The first-order valence-electron chi connectivity index (χ1n) is 9.44. The Bertz CT molecular complexity index is 1070. The number of anilines is 1. The third-order valence-electron chi connectivity index (χ3n) is 4.43. The van der Waals surface area contributed by atoms with Crippen molar-refractivity contribution in [3.05, 3.63) is 47.2 Å². The van der Waals surface area contributed by atoms with Crippen molar-refractivity contribution in [2.75, 3.05) is 32.4 Å². The molecule has 0 fully saturated rings. The Hall–Kier alpha value is -3.11. The number of hydrogen-bond acceptors (Lipinski definition) is 8. The molecule has 9 nitrogen and oxygen atoms in total. The van der Waals surface area contributed by atoms with Crippen LogP contribution in [0.2, 0.25) is 5.02 Å². The SMILES string of the molecule is COc1ccc(OCc2nnc(SCC(=O)Nc3cc(OC)c(Cl)cc3OC)n2C)cc1. The van der Waals surface area contributed by atoms with Crippen molar-refractivity contribution in [2.24, 2.45) is 7.05 Å². The molecule has 0 spiro atoms. The standard InChI is InChI=1S/C21H23ClN4O5S/c1-26-19(11-31-14-7-5-13(28-2)6-8-14)24-25-21(26)32-12-20(27)23-16-10-17(29-3)15(22)9-18(16)30-4/h5-10H,11-12H2,1-4H3,(H,23,27). The van der Waals surface area contributed by atoms with Gasteiger partial charge in [-0.1, -0.05) is 23.4 Å². The highest BCUT2D eigenvalue weighted by molar-refractivity contribution is 7.99. The van der Waals surface area contributed by atoms with Gasteiger partial charge in [0.05, 0.1) is 37.8 Å². The zero-order valence-corrected chi connectivity index (χ0v) is 19.6. The fourth-order valence-electron chi connectivity index (χ4n) is 2.69. The van der Waals surface area contributed by atoms with Crippen LogP contribution in [0.1, 0.15) is 5.82 Å². The van der Waals surface area contributed by atoms with Gasteiger partial charge in [0.2, 0.25) is 5.91 Å².